The highest BCUT2D eigenvalue weighted by Gasteiger charge is 2.49. The highest BCUT2D eigenvalue weighted by Crippen LogP contribution is 2.47. The van der Waals surface area contributed by atoms with Gasteiger partial charge in [0.15, 0.2) is 0 Å². The topological polar surface area (TPSA) is 35.5 Å². The lowest BCUT2D eigenvalue weighted by molar-refractivity contribution is -0.152. The highest BCUT2D eigenvalue weighted by atomic mass is 16.5. The quantitative estimate of drug-likeness (QED) is 0.624. The fourth-order valence-corrected chi connectivity index (χ4v) is 3.82. The van der Waals surface area contributed by atoms with Crippen molar-refractivity contribution < 1.29 is 14.3 Å². The van der Waals surface area contributed by atoms with Crippen LogP contribution in [0.5, 0.6) is 5.75 Å². The van der Waals surface area contributed by atoms with Gasteiger partial charge in [0.2, 0.25) is 0 Å². The molecule has 1 heterocycles. The van der Waals surface area contributed by atoms with E-state index in [4.69, 9.17) is 9.47 Å². The molecule has 0 radical (unpaired) electrons. The molecule has 0 fully saturated rings. The van der Waals surface area contributed by atoms with Crippen LogP contribution < -0.4 is 4.74 Å². The molecule has 3 heteroatoms. The zero-order valence-corrected chi connectivity index (χ0v) is 14.4. The van der Waals surface area contributed by atoms with E-state index in [1.807, 2.05) is 44.2 Å². The van der Waals surface area contributed by atoms with Crippen molar-refractivity contribution >= 4 is 5.97 Å². The van der Waals surface area contributed by atoms with Gasteiger partial charge in [0.25, 0.3) is 0 Å². The molecule has 24 heavy (non-hydrogen) atoms. The van der Waals surface area contributed by atoms with Gasteiger partial charge in [-0.1, -0.05) is 36.4 Å². The molecule has 0 saturated heterocycles. The molecule has 2 aromatic carbocycles. The Morgan fingerprint density at radius 3 is 2.75 bits per heavy atom. The minimum Gasteiger partial charge on any atom is -0.496 e. The van der Waals surface area contributed by atoms with E-state index in [1.165, 1.54) is 0 Å². The third-order valence-corrected chi connectivity index (χ3v) is 4.73. The molecule has 1 aliphatic heterocycles. The zero-order valence-electron chi connectivity index (χ0n) is 14.4. The summed E-state index contributed by atoms with van der Waals surface area (Å²) in [5.41, 5.74) is 4.07. The standard InChI is InChI=1S/C21H22O3/c1-5-10-21(19-15(3)11-14(2)12-18(19)23-4)17-9-7-6-8-16(17)13-24-20(21)22/h5-9,11-12H,1,10,13H2,2-4H3/t21-/m1/s1. The Balaban J connectivity index is 2.40. The molecule has 3 nitrogen and oxygen atoms in total. The molecule has 0 amide bonds. The Labute approximate surface area is 142 Å². The van der Waals surface area contributed by atoms with E-state index in [9.17, 15) is 4.79 Å². The number of hydrogen-bond acceptors (Lipinski definition) is 3. The molecule has 124 valence electrons. The van der Waals surface area contributed by atoms with E-state index < -0.39 is 5.41 Å². The van der Waals surface area contributed by atoms with E-state index in [2.05, 4.69) is 12.6 Å². The van der Waals surface area contributed by atoms with Crippen LogP contribution in [0.3, 0.4) is 0 Å². The number of fused-ring (bicyclic) bond motifs is 1. The van der Waals surface area contributed by atoms with Crippen LogP contribution in [0.25, 0.3) is 0 Å². The third-order valence-electron chi connectivity index (χ3n) is 4.73. The summed E-state index contributed by atoms with van der Waals surface area (Å²) in [5.74, 6) is 0.467. The minimum absolute atomic E-state index is 0.244. The number of cyclic esters (lactones) is 1. The smallest absolute Gasteiger partial charge is 0.321 e. The van der Waals surface area contributed by atoms with Gasteiger partial charge in [-0.2, -0.15) is 0 Å². The van der Waals surface area contributed by atoms with Crippen LogP contribution in [-0.2, 0) is 21.6 Å². The SMILES string of the molecule is C=CC[C@@]1(c2c(C)cc(C)cc2OC)C(=O)OCc2ccccc21. The van der Waals surface area contributed by atoms with Crippen molar-refractivity contribution in [2.45, 2.75) is 32.3 Å². The number of allylic oxidation sites excluding steroid dienone is 1. The summed E-state index contributed by atoms with van der Waals surface area (Å²) in [7, 11) is 1.64. The number of aryl methyl sites for hydroxylation is 2. The zero-order chi connectivity index (χ0) is 17.3. The number of ether oxygens (including phenoxy) is 2. The molecular formula is C21H22O3. The van der Waals surface area contributed by atoms with Gasteiger partial charge >= 0.3 is 5.97 Å². The maximum atomic E-state index is 13.0. The third kappa shape index (κ3) is 2.32. The van der Waals surface area contributed by atoms with Gasteiger partial charge in [0, 0.05) is 5.56 Å². The van der Waals surface area contributed by atoms with Crippen molar-refractivity contribution in [1.29, 1.82) is 0 Å². The van der Waals surface area contributed by atoms with Crippen LogP contribution in [0.15, 0.2) is 49.1 Å². The van der Waals surface area contributed by atoms with Crippen molar-refractivity contribution in [2.75, 3.05) is 7.11 Å². The average molecular weight is 322 g/mol. The lowest BCUT2D eigenvalue weighted by Crippen LogP contribution is -2.43. The Morgan fingerprint density at radius 1 is 1.29 bits per heavy atom. The molecule has 0 unspecified atom stereocenters. The second kappa shape index (κ2) is 6.16. The average Bonchev–Trinajstić information content (AvgIpc) is 2.57. The second-order valence-corrected chi connectivity index (χ2v) is 6.29. The largest absolute Gasteiger partial charge is 0.496 e. The van der Waals surface area contributed by atoms with Gasteiger partial charge in [-0.05, 0) is 48.6 Å². The molecule has 0 aromatic heterocycles. The molecule has 1 atom stereocenters. The second-order valence-electron chi connectivity index (χ2n) is 6.29. The van der Waals surface area contributed by atoms with Crippen LogP contribution in [0, 0.1) is 13.8 Å². The van der Waals surface area contributed by atoms with Crippen LogP contribution in [0.4, 0.5) is 0 Å². The molecule has 0 N–H and O–H groups in total. The van der Waals surface area contributed by atoms with Gasteiger partial charge in [-0.15, -0.1) is 6.58 Å². The van der Waals surface area contributed by atoms with Crippen LogP contribution >= 0.6 is 0 Å². The van der Waals surface area contributed by atoms with Crippen LogP contribution in [-0.4, -0.2) is 13.1 Å². The molecule has 1 aliphatic rings. The summed E-state index contributed by atoms with van der Waals surface area (Å²) in [6, 6.07) is 12.0. The summed E-state index contributed by atoms with van der Waals surface area (Å²) < 4.78 is 11.2. The Bertz CT molecular complexity index is 807. The molecule has 0 bridgehead atoms. The number of carbonyl (C=O) groups is 1. The van der Waals surface area contributed by atoms with E-state index in [0.29, 0.717) is 18.8 Å². The molecule has 0 spiro atoms. The predicted octanol–water partition coefficient (Wildman–Crippen LogP) is 4.23. The van der Waals surface area contributed by atoms with Crippen LogP contribution in [0.2, 0.25) is 0 Å². The Hall–Kier alpha value is -2.55. The van der Waals surface area contributed by atoms with Gasteiger partial charge in [0.1, 0.15) is 17.8 Å². The number of carbonyl (C=O) groups excluding carboxylic acids is 1. The number of hydrogen-bond donors (Lipinski definition) is 0. The first kappa shape index (κ1) is 16.3. The first-order valence-electron chi connectivity index (χ1n) is 8.06. The molecule has 0 aliphatic carbocycles. The molecule has 0 saturated carbocycles. The lowest BCUT2D eigenvalue weighted by Gasteiger charge is -2.38. The summed E-state index contributed by atoms with van der Waals surface area (Å²) in [6.45, 7) is 8.23. The van der Waals surface area contributed by atoms with Crippen LogP contribution in [0.1, 0.15) is 34.2 Å². The van der Waals surface area contributed by atoms with Gasteiger partial charge in [-0.3, -0.25) is 4.79 Å². The van der Waals surface area contributed by atoms with Crippen molar-refractivity contribution in [2.24, 2.45) is 0 Å². The van der Waals surface area contributed by atoms with E-state index in [-0.39, 0.29) is 5.97 Å². The van der Waals surface area contributed by atoms with E-state index >= 15 is 0 Å². The minimum atomic E-state index is -0.917. The summed E-state index contributed by atoms with van der Waals surface area (Å²) in [5, 5.41) is 0. The monoisotopic (exact) mass is 322 g/mol. The van der Waals surface area contributed by atoms with Crippen molar-refractivity contribution in [3.8, 4) is 5.75 Å². The summed E-state index contributed by atoms with van der Waals surface area (Å²) in [6.07, 6.45) is 2.24. The Kier molecular flexibility index (Phi) is 4.18. The van der Waals surface area contributed by atoms with Crippen molar-refractivity contribution in [3.05, 3.63) is 76.9 Å². The first-order valence-corrected chi connectivity index (χ1v) is 8.06. The number of methoxy groups -OCH3 is 1. The normalized spacial score (nSPS) is 19.4. The van der Waals surface area contributed by atoms with Crippen molar-refractivity contribution in [1.82, 2.24) is 0 Å². The maximum Gasteiger partial charge on any atom is 0.321 e. The Morgan fingerprint density at radius 2 is 2.04 bits per heavy atom. The number of benzene rings is 2. The van der Waals surface area contributed by atoms with Gasteiger partial charge in [0.05, 0.1) is 7.11 Å². The highest BCUT2D eigenvalue weighted by molar-refractivity contribution is 5.91. The summed E-state index contributed by atoms with van der Waals surface area (Å²) >= 11 is 0. The van der Waals surface area contributed by atoms with Gasteiger partial charge in [-0.25, -0.2) is 0 Å². The molecule has 2 aromatic rings. The molecule has 3 rings (SSSR count). The fraction of sp³-hybridized carbons (Fsp3) is 0.286. The van der Waals surface area contributed by atoms with Gasteiger partial charge < -0.3 is 9.47 Å². The maximum absolute atomic E-state index is 13.0. The molecular weight excluding hydrogens is 300 g/mol. The fourth-order valence-electron chi connectivity index (χ4n) is 3.82. The lowest BCUT2D eigenvalue weighted by atomic mass is 9.67. The first-order chi connectivity index (χ1) is 11.5. The number of rotatable bonds is 4. The predicted molar refractivity (Wildman–Crippen MR) is 94.3 cm³/mol. The van der Waals surface area contributed by atoms with E-state index in [1.54, 1.807) is 13.2 Å². The van der Waals surface area contributed by atoms with Crippen molar-refractivity contribution in [3.63, 3.8) is 0 Å². The van der Waals surface area contributed by atoms with E-state index in [0.717, 1.165) is 27.8 Å². The number of esters is 1. The summed E-state index contributed by atoms with van der Waals surface area (Å²) in [4.78, 5) is 13.0.